The molecule has 0 saturated heterocycles. The lowest BCUT2D eigenvalue weighted by atomic mass is 9.98. The molecule has 1 aliphatic heterocycles. The fourth-order valence-corrected chi connectivity index (χ4v) is 2.60. The zero-order valence-corrected chi connectivity index (χ0v) is 8.03. The van der Waals surface area contributed by atoms with Crippen LogP contribution in [0.5, 0.6) is 5.75 Å². The first-order valence-corrected chi connectivity index (χ1v) is 5.21. The average molecular weight is 187 g/mol. The fourth-order valence-electron chi connectivity index (χ4n) is 2.60. The van der Waals surface area contributed by atoms with Crippen molar-refractivity contribution in [3.05, 3.63) is 28.8 Å². The molecule has 1 fully saturated rings. The van der Waals surface area contributed by atoms with Gasteiger partial charge in [0.05, 0.1) is 5.36 Å². The largest absolute Gasteiger partial charge is 0.508 e. The Morgan fingerprint density at radius 1 is 1.36 bits per heavy atom. The first kappa shape index (κ1) is 8.04. The maximum absolute atomic E-state index is 9.45. The molecule has 0 bridgehead atoms. The minimum absolute atomic E-state index is 0.360. The number of nitrogens with zero attached hydrogens (tertiary/aromatic N) is 1. The molecule has 1 aliphatic carbocycles. The smallest absolute Gasteiger partial charge is 0.116 e. The van der Waals surface area contributed by atoms with Crippen molar-refractivity contribution in [2.24, 2.45) is 10.9 Å². The molecule has 1 saturated carbocycles. The summed E-state index contributed by atoms with van der Waals surface area (Å²) in [4.78, 5) is 4.54. The van der Waals surface area contributed by atoms with Crippen LogP contribution in [0.2, 0.25) is 0 Å². The highest BCUT2D eigenvalue weighted by atomic mass is 16.3. The maximum atomic E-state index is 9.45. The molecule has 0 radical (unpaired) electrons. The van der Waals surface area contributed by atoms with Crippen molar-refractivity contribution in [3.63, 3.8) is 0 Å². The van der Waals surface area contributed by atoms with Gasteiger partial charge in [-0.15, -0.1) is 0 Å². The van der Waals surface area contributed by atoms with Gasteiger partial charge in [-0.05, 0) is 37.5 Å². The SMILES string of the molecule is Oc1ccc2c(c1)=C1CCCC1CN=2. The van der Waals surface area contributed by atoms with Gasteiger partial charge in [-0.25, -0.2) is 0 Å². The minimum atomic E-state index is 0.360. The van der Waals surface area contributed by atoms with E-state index in [1.54, 1.807) is 6.07 Å². The Kier molecular flexibility index (Phi) is 1.63. The second-order valence-electron chi connectivity index (χ2n) is 4.16. The van der Waals surface area contributed by atoms with E-state index in [1.807, 2.05) is 12.1 Å². The number of fused-ring (bicyclic) bond motifs is 2. The molecule has 1 aromatic rings. The van der Waals surface area contributed by atoms with Gasteiger partial charge in [-0.3, -0.25) is 4.99 Å². The first-order chi connectivity index (χ1) is 6.84. The molecular formula is C12H13NO. The van der Waals surface area contributed by atoms with Crippen molar-refractivity contribution in [2.75, 3.05) is 6.54 Å². The first-order valence-electron chi connectivity index (χ1n) is 5.21. The number of aromatic hydroxyl groups is 1. The summed E-state index contributed by atoms with van der Waals surface area (Å²) in [5.74, 6) is 1.02. The number of hydrogen-bond acceptors (Lipinski definition) is 2. The summed E-state index contributed by atoms with van der Waals surface area (Å²) >= 11 is 0. The van der Waals surface area contributed by atoms with E-state index in [-0.39, 0.29) is 0 Å². The van der Waals surface area contributed by atoms with Gasteiger partial charge in [0.2, 0.25) is 0 Å². The zero-order valence-electron chi connectivity index (χ0n) is 8.03. The quantitative estimate of drug-likeness (QED) is 0.645. The summed E-state index contributed by atoms with van der Waals surface area (Å²) in [6.07, 6.45) is 3.75. The Balaban J connectivity index is 2.37. The standard InChI is InChI=1S/C12H13NO/c14-9-4-5-12-11(6-9)10-3-1-2-8(10)7-13-12/h4-6,8,14H,1-3,7H2. The van der Waals surface area contributed by atoms with E-state index in [2.05, 4.69) is 4.99 Å². The van der Waals surface area contributed by atoms with E-state index in [1.165, 1.54) is 30.1 Å². The van der Waals surface area contributed by atoms with E-state index >= 15 is 0 Å². The van der Waals surface area contributed by atoms with Crippen LogP contribution in [0.15, 0.2) is 23.2 Å². The molecule has 0 aromatic heterocycles. The highest BCUT2D eigenvalue weighted by Gasteiger charge is 2.23. The van der Waals surface area contributed by atoms with Crippen LogP contribution in [0.25, 0.3) is 5.57 Å². The van der Waals surface area contributed by atoms with Crippen LogP contribution in [0.3, 0.4) is 0 Å². The molecule has 72 valence electrons. The lowest BCUT2D eigenvalue weighted by molar-refractivity contribution is 0.474. The summed E-state index contributed by atoms with van der Waals surface area (Å²) in [5, 5.41) is 11.7. The van der Waals surface area contributed by atoms with Crippen LogP contribution in [0.1, 0.15) is 19.3 Å². The normalized spacial score (nSPS) is 24.0. The summed E-state index contributed by atoms with van der Waals surface area (Å²) < 4.78 is 0. The van der Waals surface area contributed by atoms with Gasteiger partial charge >= 0.3 is 0 Å². The molecule has 3 rings (SSSR count). The van der Waals surface area contributed by atoms with Crippen LogP contribution in [0.4, 0.5) is 0 Å². The molecule has 2 heteroatoms. The monoisotopic (exact) mass is 187 g/mol. The van der Waals surface area contributed by atoms with Gasteiger partial charge in [0.15, 0.2) is 0 Å². The molecule has 1 heterocycles. The van der Waals surface area contributed by atoms with E-state index < -0.39 is 0 Å². The Labute approximate surface area is 82.6 Å². The number of benzene rings is 1. The Hall–Kier alpha value is -1.31. The van der Waals surface area contributed by atoms with Gasteiger partial charge in [0.1, 0.15) is 5.75 Å². The predicted molar refractivity (Wildman–Crippen MR) is 54.5 cm³/mol. The molecule has 1 unspecified atom stereocenters. The second kappa shape index (κ2) is 2.84. The topological polar surface area (TPSA) is 32.6 Å². The van der Waals surface area contributed by atoms with E-state index in [0.717, 1.165) is 11.9 Å². The molecule has 0 amide bonds. The summed E-state index contributed by atoms with van der Waals surface area (Å²) in [5.41, 5.74) is 1.52. The maximum Gasteiger partial charge on any atom is 0.116 e. The van der Waals surface area contributed by atoms with Crippen LogP contribution >= 0.6 is 0 Å². The Bertz CT molecular complexity index is 490. The lowest BCUT2D eigenvalue weighted by Crippen LogP contribution is -2.33. The molecule has 2 aliphatic rings. The van der Waals surface area contributed by atoms with E-state index in [0.29, 0.717) is 11.7 Å². The van der Waals surface area contributed by atoms with Crippen LogP contribution in [0, 0.1) is 5.92 Å². The minimum Gasteiger partial charge on any atom is -0.508 e. The van der Waals surface area contributed by atoms with Crippen molar-refractivity contribution < 1.29 is 5.11 Å². The number of rotatable bonds is 0. The zero-order chi connectivity index (χ0) is 9.54. The Morgan fingerprint density at radius 3 is 3.21 bits per heavy atom. The summed E-state index contributed by atoms with van der Waals surface area (Å²) in [6, 6.07) is 5.51. The van der Waals surface area contributed by atoms with Crippen molar-refractivity contribution in [3.8, 4) is 5.75 Å². The molecule has 14 heavy (non-hydrogen) atoms. The van der Waals surface area contributed by atoms with Crippen molar-refractivity contribution >= 4 is 5.57 Å². The molecule has 2 nitrogen and oxygen atoms in total. The van der Waals surface area contributed by atoms with Gasteiger partial charge in [0.25, 0.3) is 0 Å². The highest BCUT2D eigenvalue weighted by molar-refractivity contribution is 5.52. The molecule has 1 aromatic carbocycles. The summed E-state index contributed by atoms with van der Waals surface area (Å²) in [6.45, 7) is 0.951. The molecule has 1 N–H and O–H groups in total. The third-order valence-corrected chi connectivity index (χ3v) is 3.30. The lowest BCUT2D eigenvalue weighted by Gasteiger charge is -2.13. The van der Waals surface area contributed by atoms with Crippen molar-refractivity contribution in [2.45, 2.75) is 19.3 Å². The van der Waals surface area contributed by atoms with E-state index in [4.69, 9.17) is 0 Å². The highest BCUT2D eigenvalue weighted by Crippen LogP contribution is 2.32. The Morgan fingerprint density at radius 2 is 2.29 bits per heavy atom. The van der Waals surface area contributed by atoms with Crippen LogP contribution in [-0.2, 0) is 0 Å². The average Bonchev–Trinajstić information content (AvgIpc) is 2.65. The number of phenols is 1. The third-order valence-electron chi connectivity index (χ3n) is 3.30. The van der Waals surface area contributed by atoms with Crippen LogP contribution < -0.4 is 10.6 Å². The van der Waals surface area contributed by atoms with Crippen molar-refractivity contribution in [1.29, 1.82) is 0 Å². The number of hydrogen-bond donors (Lipinski definition) is 1. The van der Waals surface area contributed by atoms with Crippen molar-refractivity contribution in [1.82, 2.24) is 0 Å². The number of phenolic OH excluding ortho intramolecular Hbond substituents is 1. The van der Waals surface area contributed by atoms with Gasteiger partial charge in [-0.2, -0.15) is 0 Å². The van der Waals surface area contributed by atoms with Gasteiger partial charge < -0.3 is 5.11 Å². The molecule has 0 spiro atoms. The third kappa shape index (κ3) is 1.07. The van der Waals surface area contributed by atoms with Gasteiger partial charge in [0, 0.05) is 17.7 Å². The molecular weight excluding hydrogens is 174 g/mol. The van der Waals surface area contributed by atoms with Gasteiger partial charge in [-0.1, -0.05) is 5.57 Å². The second-order valence-corrected chi connectivity index (χ2v) is 4.16. The molecule has 1 atom stereocenters. The fraction of sp³-hybridized carbons (Fsp3) is 0.417. The summed E-state index contributed by atoms with van der Waals surface area (Å²) in [7, 11) is 0. The van der Waals surface area contributed by atoms with Crippen LogP contribution in [-0.4, -0.2) is 11.7 Å². The predicted octanol–water partition coefficient (Wildman–Crippen LogP) is 0.976. The van der Waals surface area contributed by atoms with E-state index in [9.17, 15) is 5.11 Å².